The van der Waals surface area contributed by atoms with Gasteiger partial charge in [0, 0.05) is 31.2 Å². The largest absolute Gasteiger partial charge is 0.336 e. The van der Waals surface area contributed by atoms with Crippen molar-refractivity contribution in [1.29, 1.82) is 0 Å². The number of halogens is 1. The van der Waals surface area contributed by atoms with E-state index < -0.39 is 0 Å². The molecule has 1 aliphatic heterocycles. The number of nitrogens with zero attached hydrogens (tertiary/aromatic N) is 1. The topological polar surface area (TPSA) is 32.3 Å². The summed E-state index contributed by atoms with van der Waals surface area (Å²) in [6, 6.07) is 8.31. The van der Waals surface area contributed by atoms with E-state index in [-0.39, 0.29) is 18.3 Å². The highest BCUT2D eigenvalue weighted by molar-refractivity contribution is 5.95. The van der Waals surface area contributed by atoms with Crippen molar-refractivity contribution in [3.05, 3.63) is 35.4 Å². The van der Waals surface area contributed by atoms with Crippen molar-refractivity contribution in [2.75, 3.05) is 19.6 Å². The van der Waals surface area contributed by atoms with Gasteiger partial charge in [-0.3, -0.25) is 4.79 Å². The van der Waals surface area contributed by atoms with Crippen molar-refractivity contribution < 1.29 is 4.79 Å². The summed E-state index contributed by atoms with van der Waals surface area (Å²) in [5.41, 5.74) is 2.01. The highest BCUT2D eigenvalue weighted by atomic mass is 35.5. The summed E-state index contributed by atoms with van der Waals surface area (Å²) in [5, 5.41) is 3.35. The van der Waals surface area contributed by atoms with Crippen LogP contribution >= 0.6 is 12.4 Å². The van der Waals surface area contributed by atoms with Crippen LogP contribution in [-0.2, 0) is 6.42 Å². The van der Waals surface area contributed by atoms with E-state index in [1.54, 1.807) is 0 Å². The van der Waals surface area contributed by atoms with Gasteiger partial charge in [0.1, 0.15) is 0 Å². The fraction of sp³-hybridized carbons (Fsp3) is 0.500. The maximum atomic E-state index is 12.4. The summed E-state index contributed by atoms with van der Waals surface area (Å²) in [4.78, 5) is 14.4. The number of hydrogen-bond acceptors (Lipinski definition) is 2. The standard InChI is InChI=1S/C14H20N2O.ClH/c1-3-12-6-4-5-7-13(12)14(17)16-9-8-15-11(2)10-16;/h4-7,11,15H,3,8-10H2,1-2H3;1H/t11-;/m0./s1. The Morgan fingerprint density at radius 3 is 2.83 bits per heavy atom. The lowest BCUT2D eigenvalue weighted by atomic mass is 10.0. The van der Waals surface area contributed by atoms with Crippen LogP contribution in [0.2, 0.25) is 0 Å². The average molecular weight is 269 g/mol. The van der Waals surface area contributed by atoms with Crippen LogP contribution < -0.4 is 5.32 Å². The van der Waals surface area contributed by atoms with Crippen LogP contribution in [0.25, 0.3) is 0 Å². The molecule has 1 aromatic carbocycles. The number of amides is 1. The number of hydrogen-bond donors (Lipinski definition) is 1. The Morgan fingerprint density at radius 1 is 1.44 bits per heavy atom. The lowest BCUT2D eigenvalue weighted by Crippen LogP contribution is -2.51. The highest BCUT2D eigenvalue weighted by Crippen LogP contribution is 2.13. The molecule has 1 heterocycles. The molecule has 2 rings (SSSR count). The molecule has 100 valence electrons. The number of carbonyl (C=O) groups is 1. The molecular weight excluding hydrogens is 248 g/mol. The SMILES string of the molecule is CCc1ccccc1C(=O)N1CCN[C@@H](C)C1.Cl. The van der Waals surface area contributed by atoms with E-state index in [1.807, 2.05) is 29.2 Å². The average Bonchev–Trinajstić information content (AvgIpc) is 2.38. The van der Waals surface area contributed by atoms with Gasteiger partial charge in [-0.25, -0.2) is 0 Å². The summed E-state index contributed by atoms with van der Waals surface area (Å²) in [5.74, 6) is 0.177. The molecule has 0 saturated carbocycles. The Labute approximate surface area is 115 Å². The predicted octanol–water partition coefficient (Wildman–Crippen LogP) is 2.10. The number of carbonyl (C=O) groups excluding carboxylic acids is 1. The molecule has 18 heavy (non-hydrogen) atoms. The van der Waals surface area contributed by atoms with Gasteiger partial charge in [-0.1, -0.05) is 25.1 Å². The van der Waals surface area contributed by atoms with E-state index in [0.29, 0.717) is 6.04 Å². The van der Waals surface area contributed by atoms with Gasteiger partial charge in [0.25, 0.3) is 5.91 Å². The monoisotopic (exact) mass is 268 g/mol. The lowest BCUT2D eigenvalue weighted by molar-refractivity contribution is 0.0708. The minimum Gasteiger partial charge on any atom is -0.336 e. The zero-order chi connectivity index (χ0) is 12.3. The highest BCUT2D eigenvalue weighted by Gasteiger charge is 2.22. The molecule has 0 spiro atoms. The Hall–Kier alpha value is -1.06. The van der Waals surface area contributed by atoms with Crippen LogP contribution in [0, 0.1) is 0 Å². The maximum Gasteiger partial charge on any atom is 0.254 e. The Bertz CT molecular complexity index is 409. The molecule has 0 aliphatic carbocycles. The molecule has 0 unspecified atom stereocenters. The molecule has 0 radical (unpaired) electrons. The van der Waals surface area contributed by atoms with Gasteiger partial charge >= 0.3 is 0 Å². The third-order valence-corrected chi connectivity index (χ3v) is 3.28. The zero-order valence-electron chi connectivity index (χ0n) is 11.0. The van der Waals surface area contributed by atoms with Crippen molar-refractivity contribution >= 4 is 18.3 Å². The number of aryl methyl sites for hydroxylation is 1. The predicted molar refractivity (Wildman–Crippen MR) is 76.4 cm³/mol. The number of nitrogens with one attached hydrogen (secondary N) is 1. The molecule has 0 aromatic heterocycles. The van der Waals surface area contributed by atoms with Crippen LogP contribution in [0.1, 0.15) is 29.8 Å². The Balaban J connectivity index is 0.00000162. The Kier molecular flexibility index (Phi) is 5.63. The summed E-state index contributed by atoms with van der Waals surface area (Å²) >= 11 is 0. The van der Waals surface area contributed by atoms with Gasteiger partial charge < -0.3 is 10.2 Å². The minimum atomic E-state index is 0. The third-order valence-electron chi connectivity index (χ3n) is 3.28. The first-order valence-electron chi connectivity index (χ1n) is 6.33. The minimum absolute atomic E-state index is 0. The van der Waals surface area contributed by atoms with Gasteiger partial charge in [-0.2, -0.15) is 0 Å². The number of piperazine rings is 1. The zero-order valence-corrected chi connectivity index (χ0v) is 11.8. The normalized spacial score (nSPS) is 19.2. The van der Waals surface area contributed by atoms with Gasteiger partial charge in [0.05, 0.1) is 0 Å². The smallest absolute Gasteiger partial charge is 0.254 e. The van der Waals surface area contributed by atoms with Crippen molar-refractivity contribution in [1.82, 2.24) is 10.2 Å². The molecule has 1 aliphatic rings. The quantitative estimate of drug-likeness (QED) is 0.891. The van der Waals surface area contributed by atoms with Crippen LogP contribution in [0.3, 0.4) is 0 Å². The second-order valence-corrected chi connectivity index (χ2v) is 4.62. The molecule has 1 fully saturated rings. The molecule has 1 saturated heterocycles. The van der Waals surface area contributed by atoms with Crippen LogP contribution in [-0.4, -0.2) is 36.5 Å². The molecular formula is C14H21ClN2O. The number of benzene rings is 1. The van der Waals surface area contributed by atoms with Gasteiger partial charge in [-0.05, 0) is 25.0 Å². The molecule has 1 N–H and O–H groups in total. The fourth-order valence-electron chi connectivity index (χ4n) is 2.32. The first-order chi connectivity index (χ1) is 8.22. The first kappa shape index (κ1) is 15.0. The van der Waals surface area contributed by atoms with Gasteiger partial charge in [0.2, 0.25) is 0 Å². The van der Waals surface area contributed by atoms with Crippen molar-refractivity contribution in [2.24, 2.45) is 0 Å². The Morgan fingerprint density at radius 2 is 2.17 bits per heavy atom. The second kappa shape index (κ2) is 6.76. The van der Waals surface area contributed by atoms with E-state index >= 15 is 0 Å². The van der Waals surface area contributed by atoms with Crippen LogP contribution in [0.4, 0.5) is 0 Å². The summed E-state index contributed by atoms with van der Waals surface area (Å²) in [7, 11) is 0. The van der Waals surface area contributed by atoms with E-state index in [0.717, 1.165) is 37.2 Å². The maximum absolute atomic E-state index is 12.4. The molecule has 1 aromatic rings. The van der Waals surface area contributed by atoms with E-state index in [2.05, 4.69) is 19.2 Å². The van der Waals surface area contributed by atoms with Gasteiger partial charge in [0.15, 0.2) is 0 Å². The summed E-state index contributed by atoms with van der Waals surface area (Å²) in [6.07, 6.45) is 0.906. The summed E-state index contributed by atoms with van der Waals surface area (Å²) in [6.45, 7) is 6.71. The molecule has 0 bridgehead atoms. The van der Waals surface area contributed by atoms with E-state index in [1.165, 1.54) is 0 Å². The molecule has 3 nitrogen and oxygen atoms in total. The second-order valence-electron chi connectivity index (χ2n) is 4.62. The molecule has 1 atom stereocenters. The molecule has 4 heteroatoms. The molecule has 1 amide bonds. The first-order valence-corrected chi connectivity index (χ1v) is 6.33. The number of rotatable bonds is 2. The van der Waals surface area contributed by atoms with E-state index in [4.69, 9.17) is 0 Å². The van der Waals surface area contributed by atoms with Crippen molar-refractivity contribution in [3.63, 3.8) is 0 Å². The van der Waals surface area contributed by atoms with Crippen LogP contribution in [0.5, 0.6) is 0 Å². The fourth-order valence-corrected chi connectivity index (χ4v) is 2.32. The van der Waals surface area contributed by atoms with Crippen LogP contribution in [0.15, 0.2) is 24.3 Å². The van der Waals surface area contributed by atoms with Gasteiger partial charge in [-0.15, -0.1) is 12.4 Å². The van der Waals surface area contributed by atoms with E-state index in [9.17, 15) is 4.79 Å². The summed E-state index contributed by atoms with van der Waals surface area (Å²) < 4.78 is 0. The van der Waals surface area contributed by atoms with Crippen molar-refractivity contribution in [3.8, 4) is 0 Å². The van der Waals surface area contributed by atoms with Crippen molar-refractivity contribution in [2.45, 2.75) is 26.3 Å². The third kappa shape index (κ3) is 3.24. The lowest BCUT2D eigenvalue weighted by Gasteiger charge is -2.32.